The molecule has 8 heteroatoms. The number of nitrogens with zero attached hydrogens (tertiary/aromatic N) is 1. The number of carboxylic acids is 1. The number of carboxylic acid groups (broad SMARTS) is 1. The summed E-state index contributed by atoms with van der Waals surface area (Å²) >= 11 is 0. The van der Waals surface area contributed by atoms with Gasteiger partial charge < -0.3 is 10.4 Å². The lowest BCUT2D eigenvalue weighted by molar-refractivity contribution is -0.141. The number of benzene rings is 1. The number of aliphatic carboxylic acids is 1. The fourth-order valence-electron chi connectivity index (χ4n) is 2.14. The predicted octanol–water partition coefficient (Wildman–Crippen LogP) is 2.53. The molecule has 126 valence electrons. The Labute approximate surface area is 135 Å². The van der Waals surface area contributed by atoms with Gasteiger partial charge in [-0.3, -0.25) is 9.78 Å². The molecular formula is C16H13F3N2O3. The maximum Gasteiger partial charge on any atom is 0.416 e. The summed E-state index contributed by atoms with van der Waals surface area (Å²) in [5, 5.41) is 11.4. The fraction of sp³-hybridized carbons (Fsp3) is 0.188. The standard InChI is InChI=1S/C16H13F3N2O3/c17-16(18,19)12-4-2-1-3-11(12)9-13(15(23)24)21-14(22)10-5-7-20-8-6-10/h1-8,13H,9H2,(H,21,22)(H,23,24)/t13-/m1/s1. The smallest absolute Gasteiger partial charge is 0.416 e. The first-order valence-corrected chi connectivity index (χ1v) is 6.88. The molecule has 2 rings (SSSR count). The topological polar surface area (TPSA) is 79.3 Å². The highest BCUT2D eigenvalue weighted by Gasteiger charge is 2.34. The molecular weight excluding hydrogens is 325 g/mol. The first kappa shape index (κ1) is 17.5. The molecule has 0 spiro atoms. The molecule has 0 bridgehead atoms. The highest BCUT2D eigenvalue weighted by Crippen LogP contribution is 2.32. The second-order valence-electron chi connectivity index (χ2n) is 4.96. The number of amides is 1. The van der Waals surface area contributed by atoms with Gasteiger partial charge in [0.1, 0.15) is 6.04 Å². The third-order valence-electron chi connectivity index (χ3n) is 3.29. The van der Waals surface area contributed by atoms with E-state index in [-0.39, 0.29) is 11.1 Å². The van der Waals surface area contributed by atoms with Crippen LogP contribution in [0.4, 0.5) is 13.2 Å². The Morgan fingerprint density at radius 1 is 1.12 bits per heavy atom. The molecule has 1 aromatic carbocycles. The molecule has 2 N–H and O–H groups in total. The van der Waals surface area contributed by atoms with Crippen molar-refractivity contribution < 1.29 is 27.9 Å². The SMILES string of the molecule is O=C(N[C@H](Cc1ccccc1C(F)(F)F)C(=O)O)c1ccncc1. The van der Waals surface area contributed by atoms with Crippen LogP contribution in [0.25, 0.3) is 0 Å². The number of hydrogen-bond acceptors (Lipinski definition) is 3. The summed E-state index contributed by atoms with van der Waals surface area (Å²) < 4.78 is 39.0. The largest absolute Gasteiger partial charge is 0.480 e. The second kappa shape index (κ2) is 7.12. The molecule has 5 nitrogen and oxygen atoms in total. The van der Waals surface area contributed by atoms with Crippen LogP contribution < -0.4 is 5.32 Å². The van der Waals surface area contributed by atoms with Crippen LogP contribution in [-0.2, 0) is 17.4 Å². The van der Waals surface area contributed by atoms with Gasteiger partial charge in [0.25, 0.3) is 5.91 Å². The number of carbonyl (C=O) groups is 2. The number of nitrogens with one attached hydrogen (secondary N) is 1. The molecule has 0 fully saturated rings. The number of halogens is 3. The van der Waals surface area contributed by atoms with Gasteiger partial charge in [-0.1, -0.05) is 18.2 Å². The molecule has 0 radical (unpaired) electrons. The van der Waals surface area contributed by atoms with Gasteiger partial charge in [-0.15, -0.1) is 0 Å². The van der Waals surface area contributed by atoms with E-state index in [2.05, 4.69) is 10.3 Å². The molecule has 2 aromatic rings. The van der Waals surface area contributed by atoms with Crippen molar-refractivity contribution in [2.45, 2.75) is 18.6 Å². The van der Waals surface area contributed by atoms with Crippen molar-refractivity contribution in [2.75, 3.05) is 0 Å². The summed E-state index contributed by atoms with van der Waals surface area (Å²) in [6.07, 6.45) is -2.39. The van der Waals surface area contributed by atoms with Crippen LogP contribution in [0.1, 0.15) is 21.5 Å². The Hall–Kier alpha value is -2.90. The summed E-state index contributed by atoms with van der Waals surface area (Å²) in [6, 6.07) is 5.92. The second-order valence-corrected chi connectivity index (χ2v) is 4.96. The molecule has 0 saturated heterocycles. The zero-order valence-electron chi connectivity index (χ0n) is 12.2. The zero-order valence-corrected chi connectivity index (χ0v) is 12.2. The minimum absolute atomic E-state index is 0.167. The molecule has 0 aliphatic rings. The first-order chi connectivity index (χ1) is 11.3. The highest BCUT2D eigenvalue weighted by molar-refractivity contribution is 5.96. The Morgan fingerprint density at radius 2 is 1.75 bits per heavy atom. The van der Waals surface area contributed by atoms with Crippen LogP contribution in [0.15, 0.2) is 48.8 Å². The normalized spacial score (nSPS) is 12.5. The summed E-state index contributed by atoms with van der Waals surface area (Å²) in [5.41, 5.74) is -0.956. The van der Waals surface area contributed by atoms with E-state index in [0.717, 1.165) is 6.07 Å². The van der Waals surface area contributed by atoms with Crippen molar-refractivity contribution in [3.8, 4) is 0 Å². The van der Waals surface area contributed by atoms with Crippen LogP contribution in [0, 0.1) is 0 Å². The van der Waals surface area contributed by atoms with Gasteiger partial charge in [0.15, 0.2) is 0 Å². The van der Waals surface area contributed by atoms with E-state index in [4.69, 9.17) is 0 Å². The van der Waals surface area contributed by atoms with Crippen LogP contribution in [0.5, 0.6) is 0 Å². The number of carbonyl (C=O) groups excluding carboxylic acids is 1. The lowest BCUT2D eigenvalue weighted by atomic mass is 9.99. The van der Waals surface area contributed by atoms with Crippen molar-refractivity contribution in [1.29, 1.82) is 0 Å². The lowest BCUT2D eigenvalue weighted by Gasteiger charge is -2.18. The van der Waals surface area contributed by atoms with E-state index in [9.17, 15) is 27.9 Å². The molecule has 0 aliphatic carbocycles. The summed E-state index contributed by atoms with van der Waals surface area (Å²) in [6.45, 7) is 0. The van der Waals surface area contributed by atoms with Crippen LogP contribution in [0.2, 0.25) is 0 Å². The van der Waals surface area contributed by atoms with Crippen molar-refractivity contribution in [2.24, 2.45) is 0 Å². The summed E-state index contributed by atoms with van der Waals surface area (Å²) in [4.78, 5) is 27.1. The Balaban J connectivity index is 2.22. The minimum atomic E-state index is -4.60. The van der Waals surface area contributed by atoms with E-state index < -0.39 is 36.1 Å². The molecule has 0 aliphatic heterocycles. The van der Waals surface area contributed by atoms with E-state index in [0.29, 0.717) is 0 Å². The van der Waals surface area contributed by atoms with Gasteiger partial charge in [0.2, 0.25) is 0 Å². The van der Waals surface area contributed by atoms with Crippen LogP contribution in [0.3, 0.4) is 0 Å². The average Bonchev–Trinajstić information content (AvgIpc) is 2.54. The van der Waals surface area contributed by atoms with Crippen LogP contribution >= 0.6 is 0 Å². The molecule has 1 aromatic heterocycles. The van der Waals surface area contributed by atoms with E-state index >= 15 is 0 Å². The molecule has 1 amide bonds. The minimum Gasteiger partial charge on any atom is -0.480 e. The monoisotopic (exact) mass is 338 g/mol. The average molecular weight is 338 g/mol. The van der Waals surface area contributed by atoms with E-state index in [1.165, 1.54) is 42.7 Å². The summed E-state index contributed by atoms with van der Waals surface area (Å²) in [7, 11) is 0. The van der Waals surface area contributed by atoms with Gasteiger partial charge in [0, 0.05) is 24.4 Å². The summed E-state index contributed by atoms with van der Waals surface area (Å²) in [5.74, 6) is -2.12. The first-order valence-electron chi connectivity index (χ1n) is 6.88. The van der Waals surface area contributed by atoms with Gasteiger partial charge in [-0.25, -0.2) is 4.79 Å². The quantitative estimate of drug-likeness (QED) is 0.878. The highest BCUT2D eigenvalue weighted by atomic mass is 19.4. The molecule has 0 unspecified atom stereocenters. The Bertz CT molecular complexity index is 733. The number of aromatic nitrogens is 1. The van der Waals surface area contributed by atoms with Crippen molar-refractivity contribution in [3.63, 3.8) is 0 Å². The maximum atomic E-state index is 13.0. The lowest BCUT2D eigenvalue weighted by Crippen LogP contribution is -2.42. The van der Waals surface area contributed by atoms with Gasteiger partial charge >= 0.3 is 12.1 Å². The fourth-order valence-corrected chi connectivity index (χ4v) is 2.14. The molecule has 1 heterocycles. The Morgan fingerprint density at radius 3 is 2.33 bits per heavy atom. The number of rotatable bonds is 5. The third-order valence-corrected chi connectivity index (χ3v) is 3.29. The van der Waals surface area contributed by atoms with Gasteiger partial charge in [-0.2, -0.15) is 13.2 Å². The zero-order chi connectivity index (χ0) is 17.7. The maximum absolute atomic E-state index is 13.0. The van der Waals surface area contributed by atoms with Gasteiger partial charge in [-0.05, 0) is 23.8 Å². The molecule has 1 atom stereocenters. The van der Waals surface area contributed by atoms with Gasteiger partial charge in [0.05, 0.1) is 5.56 Å². The number of hydrogen-bond donors (Lipinski definition) is 2. The molecule has 0 saturated carbocycles. The van der Waals surface area contributed by atoms with E-state index in [1.807, 2.05) is 0 Å². The van der Waals surface area contributed by atoms with Crippen molar-refractivity contribution in [1.82, 2.24) is 10.3 Å². The third kappa shape index (κ3) is 4.31. The molecule has 24 heavy (non-hydrogen) atoms. The van der Waals surface area contributed by atoms with Crippen molar-refractivity contribution in [3.05, 3.63) is 65.5 Å². The number of alkyl halides is 3. The Kier molecular flexibility index (Phi) is 5.18. The predicted molar refractivity (Wildman–Crippen MR) is 78.3 cm³/mol. The van der Waals surface area contributed by atoms with Crippen LogP contribution in [-0.4, -0.2) is 28.0 Å². The number of pyridine rings is 1. The van der Waals surface area contributed by atoms with Crippen molar-refractivity contribution >= 4 is 11.9 Å². The van der Waals surface area contributed by atoms with E-state index in [1.54, 1.807) is 0 Å².